The number of aromatic hydroxyl groups is 1. The fourth-order valence-electron chi connectivity index (χ4n) is 4.71. The molecule has 3 N–H and O–H groups in total. The number of hydrogen-bond donors (Lipinski definition) is 3. The van der Waals surface area contributed by atoms with Crippen molar-refractivity contribution in [1.82, 2.24) is 10.2 Å². The third kappa shape index (κ3) is 8.71. The van der Waals surface area contributed by atoms with E-state index in [1.807, 2.05) is 77.1 Å². The van der Waals surface area contributed by atoms with Gasteiger partial charge in [-0.25, -0.2) is 4.79 Å². The topological polar surface area (TPSA) is 108 Å². The quantitative estimate of drug-likeness (QED) is 0.281. The third-order valence-electron chi connectivity index (χ3n) is 6.39. The van der Waals surface area contributed by atoms with Gasteiger partial charge in [-0.3, -0.25) is 9.59 Å². The zero-order valence-electron chi connectivity index (χ0n) is 25.3. The summed E-state index contributed by atoms with van der Waals surface area (Å²) in [4.78, 5) is 42.8. The Balaban J connectivity index is 2.06. The van der Waals surface area contributed by atoms with Crippen LogP contribution in [0.1, 0.15) is 73.4 Å². The van der Waals surface area contributed by atoms with Crippen LogP contribution in [0.2, 0.25) is 0 Å². The van der Waals surface area contributed by atoms with Crippen LogP contribution >= 0.6 is 0 Å². The number of nitrogens with one attached hydrogen (secondary N) is 2. The van der Waals surface area contributed by atoms with E-state index >= 15 is 0 Å². The monoisotopic (exact) mass is 561 g/mol. The van der Waals surface area contributed by atoms with Gasteiger partial charge >= 0.3 is 6.09 Å². The molecule has 0 heterocycles. The van der Waals surface area contributed by atoms with E-state index in [0.717, 1.165) is 10.8 Å². The van der Waals surface area contributed by atoms with Crippen LogP contribution < -0.4 is 10.6 Å². The smallest absolute Gasteiger partial charge is 0.408 e. The minimum atomic E-state index is -1.07. The predicted octanol–water partition coefficient (Wildman–Crippen LogP) is 6.79. The van der Waals surface area contributed by atoms with E-state index in [2.05, 4.69) is 10.6 Å². The normalized spacial score (nSPS) is 13.4. The van der Waals surface area contributed by atoms with Crippen LogP contribution in [-0.4, -0.2) is 45.1 Å². The molecule has 0 saturated heterocycles. The van der Waals surface area contributed by atoms with Gasteiger partial charge in [-0.2, -0.15) is 0 Å². The molecule has 0 bridgehead atoms. The number of alkyl carbamates (subject to hydrolysis) is 1. The largest absolute Gasteiger partial charge is 0.508 e. The summed E-state index contributed by atoms with van der Waals surface area (Å²) in [6.45, 7) is 14.7. The first-order valence-electron chi connectivity index (χ1n) is 14.0. The Labute approximate surface area is 243 Å². The molecule has 41 heavy (non-hydrogen) atoms. The molecule has 8 nitrogen and oxygen atoms in total. The standard InChI is InChI=1S/C33H43N3O5/c1-21(2)19-27(35-31(40)41-33(6,7)8)30(39)36(32(3,4)5)28(23-14-17-26(37)18-15-23)29(38)34-25-16-13-22-11-9-10-12-24(22)20-25/h9-18,20-21,27-28,37H,19H2,1-8H3,(H,34,38)(H,35,40). The molecule has 0 aliphatic carbocycles. The van der Waals surface area contributed by atoms with Gasteiger partial charge in [-0.15, -0.1) is 0 Å². The number of rotatable bonds is 8. The molecule has 220 valence electrons. The Morgan fingerprint density at radius 2 is 1.49 bits per heavy atom. The van der Waals surface area contributed by atoms with Crippen LogP contribution in [0.3, 0.4) is 0 Å². The predicted molar refractivity (Wildman–Crippen MR) is 163 cm³/mol. The van der Waals surface area contributed by atoms with Gasteiger partial charge in [-0.1, -0.05) is 56.3 Å². The number of nitrogens with zero attached hydrogens (tertiary/aromatic N) is 1. The van der Waals surface area contributed by atoms with Gasteiger partial charge in [0.25, 0.3) is 5.91 Å². The summed E-state index contributed by atoms with van der Waals surface area (Å²) in [6.07, 6.45) is -0.355. The Kier molecular flexibility index (Phi) is 9.69. The molecule has 3 rings (SSSR count). The summed E-state index contributed by atoms with van der Waals surface area (Å²) < 4.78 is 5.46. The van der Waals surface area contributed by atoms with Crippen LogP contribution in [0.15, 0.2) is 66.7 Å². The van der Waals surface area contributed by atoms with Gasteiger partial charge < -0.3 is 25.4 Å². The van der Waals surface area contributed by atoms with Crippen molar-refractivity contribution in [2.24, 2.45) is 5.92 Å². The molecular formula is C33H43N3O5. The number of fused-ring (bicyclic) bond motifs is 1. The molecule has 3 aromatic rings. The summed E-state index contributed by atoms with van der Waals surface area (Å²) in [5.41, 5.74) is -0.465. The Morgan fingerprint density at radius 1 is 0.878 bits per heavy atom. The molecule has 2 atom stereocenters. The highest BCUT2D eigenvalue weighted by Crippen LogP contribution is 2.33. The highest BCUT2D eigenvalue weighted by atomic mass is 16.6. The lowest BCUT2D eigenvalue weighted by molar-refractivity contribution is -0.147. The molecule has 8 heteroatoms. The molecule has 2 unspecified atom stereocenters. The summed E-state index contributed by atoms with van der Waals surface area (Å²) in [6, 6.07) is 17.7. The number of benzene rings is 3. The van der Waals surface area contributed by atoms with Crippen LogP contribution in [-0.2, 0) is 14.3 Å². The minimum absolute atomic E-state index is 0.0420. The van der Waals surface area contributed by atoms with Gasteiger partial charge in [0.05, 0.1) is 0 Å². The number of phenols is 1. The molecule has 0 spiro atoms. The molecule has 0 aliphatic heterocycles. The van der Waals surface area contributed by atoms with Crippen molar-refractivity contribution < 1.29 is 24.2 Å². The average molecular weight is 562 g/mol. The lowest BCUT2D eigenvalue weighted by atomic mass is 9.93. The fraction of sp³-hybridized carbons (Fsp3) is 0.424. The number of carbonyl (C=O) groups is 3. The third-order valence-corrected chi connectivity index (χ3v) is 6.39. The van der Waals surface area contributed by atoms with Crippen molar-refractivity contribution in [3.63, 3.8) is 0 Å². The van der Waals surface area contributed by atoms with E-state index in [1.165, 1.54) is 17.0 Å². The molecule has 3 aromatic carbocycles. The Hall–Kier alpha value is -4.07. The molecule has 0 aliphatic rings. The minimum Gasteiger partial charge on any atom is -0.508 e. The van der Waals surface area contributed by atoms with E-state index in [-0.39, 0.29) is 11.7 Å². The number of ether oxygens (including phenoxy) is 1. The second-order valence-electron chi connectivity index (χ2n) is 12.8. The Morgan fingerprint density at radius 3 is 2.05 bits per heavy atom. The Bertz CT molecular complexity index is 1370. The van der Waals surface area contributed by atoms with E-state index in [1.54, 1.807) is 32.9 Å². The van der Waals surface area contributed by atoms with Crippen LogP contribution in [0.25, 0.3) is 10.8 Å². The van der Waals surface area contributed by atoms with E-state index in [4.69, 9.17) is 4.74 Å². The van der Waals surface area contributed by atoms with E-state index in [9.17, 15) is 19.5 Å². The molecule has 0 aromatic heterocycles. The number of amides is 3. The van der Waals surface area contributed by atoms with Crippen LogP contribution in [0.4, 0.5) is 10.5 Å². The SMILES string of the molecule is CC(C)CC(NC(=O)OC(C)(C)C)C(=O)N(C(C(=O)Nc1ccc2ccccc2c1)c1ccc(O)cc1)C(C)(C)C. The molecular weight excluding hydrogens is 518 g/mol. The van der Waals surface area contributed by atoms with Gasteiger partial charge in [0.2, 0.25) is 5.91 Å². The number of hydrogen-bond acceptors (Lipinski definition) is 5. The van der Waals surface area contributed by atoms with Crippen molar-refractivity contribution in [2.75, 3.05) is 5.32 Å². The van der Waals surface area contributed by atoms with E-state index in [0.29, 0.717) is 17.7 Å². The first kappa shape index (κ1) is 31.5. The van der Waals surface area contributed by atoms with Crippen molar-refractivity contribution in [2.45, 2.75) is 85.0 Å². The van der Waals surface area contributed by atoms with Gasteiger partial charge in [0, 0.05) is 11.2 Å². The zero-order valence-corrected chi connectivity index (χ0v) is 25.3. The fourth-order valence-corrected chi connectivity index (χ4v) is 4.71. The highest BCUT2D eigenvalue weighted by Gasteiger charge is 2.42. The van der Waals surface area contributed by atoms with Crippen LogP contribution in [0, 0.1) is 5.92 Å². The van der Waals surface area contributed by atoms with Gasteiger partial charge in [-0.05, 0) is 94.5 Å². The summed E-state index contributed by atoms with van der Waals surface area (Å²) in [7, 11) is 0. The average Bonchev–Trinajstić information content (AvgIpc) is 2.85. The highest BCUT2D eigenvalue weighted by molar-refractivity contribution is 6.00. The first-order valence-corrected chi connectivity index (χ1v) is 14.0. The maximum Gasteiger partial charge on any atom is 0.408 e. The first-order chi connectivity index (χ1) is 19.0. The maximum atomic E-state index is 14.4. The summed E-state index contributed by atoms with van der Waals surface area (Å²) in [5, 5.41) is 17.7. The lowest BCUT2D eigenvalue weighted by Gasteiger charge is -2.43. The van der Waals surface area contributed by atoms with Crippen molar-refractivity contribution in [1.29, 1.82) is 0 Å². The number of carbonyl (C=O) groups excluding carboxylic acids is 3. The number of anilines is 1. The van der Waals surface area contributed by atoms with Crippen molar-refractivity contribution in [3.8, 4) is 5.75 Å². The van der Waals surface area contributed by atoms with Crippen LogP contribution in [0.5, 0.6) is 5.75 Å². The number of phenolic OH excluding ortho intramolecular Hbond substituents is 1. The zero-order chi connectivity index (χ0) is 30.5. The summed E-state index contributed by atoms with van der Waals surface area (Å²) in [5.74, 6) is -0.724. The van der Waals surface area contributed by atoms with Crippen molar-refractivity contribution in [3.05, 3.63) is 72.3 Å². The molecule has 0 fully saturated rings. The van der Waals surface area contributed by atoms with Gasteiger partial charge in [0.15, 0.2) is 0 Å². The molecule has 0 radical (unpaired) electrons. The second kappa shape index (κ2) is 12.6. The summed E-state index contributed by atoms with van der Waals surface area (Å²) >= 11 is 0. The van der Waals surface area contributed by atoms with E-state index < -0.39 is 41.1 Å². The lowest BCUT2D eigenvalue weighted by Crippen LogP contribution is -2.58. The second-order valence-corrected chi connectivity index (χ2v) is 12.8. The van der Waals surface area contributed by atoms with Crippen molar-refractivity contribution >= 4 is 34.4 Å². The molecule has 3 amide bonds. The van der Waals surface area contributed by atoms with Gasteiger partial charge in [0.1, 0.15) is 23.4 Å². The molecule has 0 saturated carbocycles. The maximum absolute atomic E-state index is 14.4.